The molecule has 0 aromatic heterocycles. The number of nitrogens with zero attached hydrogens (tertiary/aromatic N) is 2. The van der Waals surface area contributed by atoms with Gasteiger partial charge in [0.15, 0.2) is 5.84 Å². The van der Waals surface area contributed by atoms with Gasteiger partial charge in [-0.3, -0.25) is 4.79 Å². The van der Waals surface area contributed by atoms with Crippen molar-refractivity contribution in [2.75, 3.05) is 7.05 Å². The summed E-state index contributed by atoms with van der Waals surface area (Å²) in [5.41, 5.74) is 7.06. The average Bonchev–Trinajstić information content (AvgIpc) is 2.48. The first kappa shape index (κ1) is 17.0. The lowest BCUT2D eigenvalue weighted by atomic mass is 9.79. The summed E-state index contributed by atoms with van der Waals surface area (Å²) in [5, 5.41) is 12.1. The second-order valence-electron chi connectivity index (χ2n) is 5.42. The van der Waals surface area contributed by atoms with Gasteiger partial charge in [0.2, 0.25) is 5.91 Å². The van der Waals surface area contributed by atoms with E-state index in [1.165, 1.54) is 0 Å². The maximum absolute atomic E-state index is 12.8. The maximum atomic E-state index is 12.8. The number of carbonyl (C=O) groups is 1. The van der Waals surface area contributed by atoms with Gasteiger partial charge < -0.3 is 15.8 Å². The molecule has 0 saturated heterocycles. The highest BCUT2D eigenvalue weighted by Gasteiger charge is 2.41. The van der Waals surface area contributed by atoms with Crippen LogP contribution in [0.3, 0.4) is 0 Å². The monoisotopic (exact) mass is 291 g/mol. The topological polar surface area (TPSA) is 78.9 Å². The number of amides is 1. The van der Waals surface area contributed by atoms with E-state index in [1.54, 1.807) is 11.9 Å². The van der Waals surface area contributed by atoms with Crippen LogP contribution in [-0.4, -0.2) is 28.9 Å². The Morgan fingerprint density at radius 3 is 2.48 bits per heavy atom. The summed E-state index contributed by atoms with van der Waals surface area (Å²) in [7, 11) is 1.75. The van der Waals surface area contributed by atoms with Crippen LogP contribution in [-0.2, 0) is 11.3 Å². The van der Waals surface area contributed by atoms with Crippen LogP contribution in [0.4, 0.5) is 0 Å². The van der Waals surface area contributed by atoms with E-state index in [0.29, 0.717) is 19.4 Å². The van der Waals surface area contributed by atoms with E-state index in [9.17, 15) is 4.79 Å². The second kappa shape index (κ2) is 7.11. The number of rotatable bonds is 6. The van der Waals surface area contributed by atoms with Gasteiger partial charge in [-0.05, 0) is 25.3 Å². The fourth-order valence-corrected chi connectivity index (χ4v) is 2.64. The first-order chi connectivity index (χ1) is 9.91. The predicted octanol–water partition coefficient (Wildman–Crippen LogP) is 2.51. The van der Waals surface area contributed by atoms with Crippen molar-refractivity contribution in [3.05, 3.63) is 35.4 Å². The van der Waals surface area contributed by atoms with Gasteiger partial charge >= 0.3 is 0 Å². The molecule has 3 N–H and O–H groups in total. The summed E-state index contributed by atoms with van der Waals surface area (Å²) >= 11 is 0. The summed E-state index contributed by atoms with van der Waals surface area (Å²) in [6, 6.07) is 8.02. The molecule has 21 heavy (non-hydrogen) atoms. The minimum absolute atomic E-state index is 0.0198. The lowest BCUT2D eigenvalue weighted by Crippen LogP contribution is -2.49. The number of carbonyl (C=O) groups excluding carboxylic acids is 1. The number of benzene rings is 1. The molecule has 1 aromatic rings. The first-order valence-corrected chi connectivity index (χ1v) is 7.20. The molecular formula is C16H25N3O2. The summed E-state index contributed by atoms with van der Waals surface area (Å²) in [6.07, 6.45) is 0.993. The highest BCUT2D eigenvalue weighted by atomic mass is 16.4. The van der Waals surface area contributed by atoms with E-state index in [4.69, 9.17) is 10.9 Å². The van der Waals surface area contributed by atoms with E-state index in [0.717, 1.165) is 11.1 Å². The molecule has 0 aliphatic heterocycles. The number of amidine groups is 1. The number of oxime groups is 1. The minimum Gasteiger partial charge on any atom is -0.409 e. The van der Waals surface area contributed by atoms with E-state index in [-0.39, 0.29) is 11.7 Å². The average molecular weight is 291 g/mol. The van der Waals surface area contributed by atoms with Crippen LogP contribution in [0, 0.1) is 12.3 Å². The molecule has 0 atom stereocenters. The minimum atomic E-state index is -0.937. The number of hydrogen-bond acceptors (Lipinski definition) is 3. The van der Waals surface area contributed by atoms with E-state index in [2.05, 4.69) is 5.16 Å². The zero-order chi connectivity index (χ0) is 16.0. The van der Waals surface area contributed by atoms with E-state index >= 15 is 0 Å². The molecule has 0 saturated carbocycles. The van der Waals surface area contributed by atoms with Gasteiger partial charge in [0.05, 0.1) is 0 Å². The van der Waals surface area contributed by atoms with Crippen LogP contribution in [0.1, 0.15) is 37.8 Å². The smallest absolute Gasteiger partial charge is 0.236 e. The van der Waals surface area contributed by atoms with Crippen LogP contribution in [0.5, 0.6) is 0 Å². The molecule has 0 radical (unpaired) electrons. The van der Waals surface area contributed by atoms with Gasteiger partial charge in [-0.1, -0.05) is 48.8 Å². The van der Waals surface area contributed by atoms with Crippen molar-refractivity contribution >= 4 is 11.7 Å². The standard InChI is InChI=1S/C16H25N3O2/c1-5-16(6-2,14(17)18-21)15(20)19(4)11-13-9-7-8-12(3)10-13/h7-10,21H,5-6,11H2,1-4H3,(H2,17,18). The van der Waals surface area contributed by atoms with Gasteiger partial charge in [-0.25, -0.2) is 0 Å². The Labute approximate surface area is 126 Å². The van der Waals surface area contributed by atoms with Crippen molar-refractivity contribution in [2.45, 2.75) is 40.2 Å². The largest absolute Gasteiger partial charge is 0.409 e. The van der Waals surface area contributed by atoms with Crippen molar-refractivity contribution in [3.63, 3.8) is 0 Å². The van der Waals surface area contributed by atoms with Gasteiger partial charge in [0.1, 0.15) is 5.41 Å². The SMILES string of the molecule is CCC(CC)(C(=O)N(C)Cc1cccc(C)c1)C(N)=NO. The van der Waals surface area contributed by atoms with Crippen molar-refractivity contribution in [1.29, 1.82) is 0 Å². The summed E-state index contributed by atoms with van der Waals surface area (Å²) in [6.45, 7) is 6.27. The summed E-state index contributed by atoms with van der Waals surface area (Å²) < 4.78 is 0. The van der Waals surface area contributed by atoms with Crippen LogP contribution >= 0.6 is 0 Å². The number of aryl methyl sites for hydroxylation is 1. The Bertz CT molecular complexity index is 522. The van der Waals surface area contributed by atoms with Crippen molar-refractivity contribution in [1.82, 2.24) is 4.90 Å². The highest BCUT2D eigenvalue weighted by Crippen LogP contribution is 2.29. The van der Waals surface area contributed by atoms with Gasteiger partial charge in [-0.2, -0.15) is 0 Å². The van der Waals surface area contributed by atoms with Crippen molar-refractivity contribution in [2.24, 2.45) is 16.3 Å². The molecular weight excluding hydrogens is 266 g/mol. The van der Waals surface area contributed by atoms with Gasteiger partial charge in [0, 0.05) is 13.6 Å². The molecule has 0 bridgehead atoms. The molecule has 1 amide bonds. The fourth-order valence-electron chi connectivity index (χ4n) is 2.64. The second-order valence-corrected chi connectivity index (χ2v) is 5.42. The molecule has 0 fully saturated rings. The fraction of sp³-hybridized carbons (Fsp3) is 0.500. The third-order valence-electron chi connectivity index (χ3n) is 4.06. The van der Waals surface area contributed by atoms with Gasteiger partial charge in [-0.15, -0.1) is 0 Å². The molecule has 5 nitrogen and oxygen atoms in total. The molecule has 1 aromatic carbocycles. The zero-order valence-corrected chi connectivity index (χ0v) is 13.3. The number of hydrogen-bond donors (Lipinski definition) is 2. The molecule has 5 heteroatoms. The quantitative estimate of drug-likeness (QED) is 0.366. The summed E-state index contributed by atoms with van der Waals surface area (Å²) in [5.74, 6) is -0.141. The molecule has 116 valence electrons. The predicted molar refractivity (Wildman–Crippen MR) is 84.1 cm³/mol. The van der Waals surface area contributed by atoms with Crippen LogP contribution in [0.15, 0.2) is 29.4 Å². The van der Waals surface area contributed by atoms with Crippen LogP contribution in [0.2, 0.25) is 0 Å². The first-order valence-electron chi connectivity index (χ1n) is 7.20. The lowest BCUT2D eigenvalue weighted by Gasteiger charge is -2.33. The molecule has 0 aliphatic carbocycles. The van der Waals surface area contributed by atoms with Gasteiger partial charge in [0.25, 0.3) is 0 Å². The molecule has 0 unspecified atom stereocenters. The third kappa shape index (κ3) is 3.54. The molecule has 0 heterocycles. The van der Waals surface area contributed by atoms with E-state index in [1.807, 2.05) is 45.0 Å². The maximum Gasteiger partial charge on any atom is 0.236 e. The third-order valence-corrected chi connectivity index (χ3v) is 4.06. The Balaban J connectivity index is 2.99. The Hall–Kier alpha value is -2.04. The zero-order valence-electron chi connectivity index (χ0n) is 13.3. The Kier molecular flexibility index (Phi) is 5.76. The lowest BCUT2D eigenvalue weighted by molar-refractivity contribution is -0.138. The molecule has 1 rings (SSSR count). The Morgan fingerprint density at radius 1 is 1.38 bits per heavy atom. The van der Waals surface area contributed by atoms with Crippen molar-refractivity contribution < 1.29 is 10.0 Å². The highest BCUT2D eigenvalue weighted by molar-refractivity contribution is 6.06. The van der Waals surface area contributed by atoms with Crippen LogP contribution < -0.4 is 5.73 Å². The number of nitrogens with two attached hydrogens (primary N) is 1. The molecule has 0 spiro atoms. The van der Waals surface area contributed by atoms with Crippen LogP contribution in [0.25, 0.3) is 0 Å². The molecule has 0 aliphatic rings. The summed E-state index contributed by atoms with van der Waals surface area (Å²) in [4.78, 5) is 14.4. The normalized spacial score (nSPS) is 12.3. The van der Waals surface area contributed by atoms with E-state index < -0.39 is 5.41 Å². The van der Waals surface area contributed by atoms with Crippen molar-refractivity contribution in [3.8, 4) is 0 Å². The Morgan fingerprint density at radius 2 is 2.00 bits per heavy atom.